The lowest BCUT2D eigenvalue weighted by atomic mass is 9.97. The number of rotatable bonds is 26. The summed E-state index contributed by atoms with van der Waals surface area (Å²) in [4.78, 5) is 73.5. The van der Waals surface area contributed by atoms with E-state index < -0.39 is 67.2 Å². The summed E-state index contributed by atoms with van der Waals surface area (Å²) in [5.41, 5.74) is -1.13. The van der Waals surface area contributed by atoms with Crippen molar-refractivity contribution in [2.45, 2.75) is 30.7 Å². The van der Waals surface area contributed by atoms with Crippen LogP contribution in [0.5, 0.6) is 86.2 Å². The molecule has 0 aliphatic carbocycles. The summed E-state index contributed by atoms with van der Waals surface area (Å²) in [6.07, 6.45) is -10.3. The summed E-state index contributed by atoms with van der Waals surface area (Å²) in [5.74, 6) is -5.00. The zero-order chi connectivity index (χ0) is 59.9. The average Bonchev–Trinajstić information content (AvgIpc) is 3.61. The molecule has 6 rings (SSSR count). The summed E-state index contributed by atoms with van der Waals surface area (Å²) < 4.78 is 120. The van der Waals surface area contributed by atoms with E-state index in [1.807, 2.05) is 0 Å². The van der Waals surface area contributed by atoms with Crippen LogP contribution in [0.1, 0.15) is 51.8 Å². The van der Waals surface area contributed by atoms with Crippen LogP contribution >= 0.6 is 0 Å². The Hall–Kier alpha value is -9.59. The molecule has 5 aromatic rings. The summed E-state index contributed by atoms with van der Waals surface area (Å²) in [6, 6.07) is 12.6. The van der Waals surface area contributed by atoms with E-state index in [4.69, 9.17) is 99.5 Å². The fourth-order valence-corrected chi connectivity index (χ4v) is 8.49. The highest BCUT2D eigenvalue weighted by Gasteiger charge is 2.55. The van der Waals surface area contributed by atoms with Gasteiger partial charge in [-0.1, -0.05) is 0 Å². The summed E-state index contributed by atoms with van der Waals surface area (Å²) >= 11 is 0. The topological polar surface area (TPSA) is 279 Å². The van der Waals surface area contributed by atoms with Gasteiger partial charge in [-0.25, -0.2) is 24.0 Å². The molecule has 0 unspecified atom stereocenters. The predicted molar refractivity (Wildman–Crippen MR) is 282 cm³/mol. The molecule has 0 radical (unpaired) electrons. The maximum absolute atomic E-state index is 15.0. The maximum atomic E-state index is 15.0. The molecular formula is C56H62O26. The van der Waals surface area contributed by atoms with Gasteiger partial charge in [-0.15, -0.1) is 0 Å². The number of hydrogen-bond acceptors (Lipinski definition) is 26. The van der Waals surface area contributed by atoms with E-state index in [0.29, 0.717) is 0 Å². The Morgan fingerprint density at radius 1 is 0.293 bits per heavy atom. The van der Waals surface area contributed by atoms with Crippen molar-refractivity contribution in [3.8, 4) is 86.2 Å². The normalized spacial score (nSPS) is 16.1. The van der Waals surface area contributed by atoms with Gasteiger partial charge in [-0.2, -0.15) is 0 Å². The molecule has 26 heteroatoms. The highest BCUT2D eigenvalue weighted by atomic mass is 16.7. The second kappa shape index (κ2) is 28.0. The van der Waals surface area contributed by atoms with Gasteiger partial charge in [0.15, 0.2) is 69.7 Å². The van der Waals surface area contributed by atoms with Crippen molar-refractivity contribution in [1.82, 2.24) is 0 Å². The number of carbonyl (C=O) groups excluding carboxylic acids is 5. The predicted octanol–water partition coefficient (Wildman–Crippen LogP) is 6.23. The number of hydrogen-bond donors (Lipinski definition) is 0. The van der Waals surface area contributed by atoms with E-state index in [-0.39, 0.29) is 114 Å². The molecule has 442 valence electrons. The maximum Gasteiger partial charge on any atom is 0.340 e. The molecule has 5 aromatic carbocycles. The van der Waals surface area contributed by atoms with Crippen LogP contribution < -0.4 is 71.1 Å². The van der Waals surface area contributed by atoms with Crippen molar-refractivity contribution in [2.75, 3.05) is 113 Å². The molecule has 0 spiro atoms. The summed E-state index contributed by atoms with van der Waals surface area (Å²) in [6.45, 7) is -0.896. The van der Waals surface area contributed by atoms with Gasteiger partial charge in [-0.3, -0.25) is 0 Å². The second-order valence-corrected chi connectivity index (χ2v) is 16.7. The van der Waals surface area contributed by atoms with Crippen LogP contribution in [0.3, 0.4) is 0 Å². The second-order valence-electron chi connectivity index (χ2n) is 16.7. The molecule has 0 saturated carbocycles. The van der Waals surface area contributed by atoms with Gasteiger partial charge in [0.2, 0.25) is 41.1 Å². The van der Waals surface area contributed by atoms with Crippen LogP contribution in [0, 0.1) is 0 Å². The zero-order valence-electron chi connectivity index (χ0n) is 47.5. The Morgan fingerprint density at radius 2 is 0.512 bits per heavy atom. The SMILES string of the molecule is COc1cc(C(=O)OC[C@H]2O[C@@H](OC(=O)c3cc(OC)c(OC)c(OC)c3)[C@H](OC(=O)c3cc(OC)c(OC)c(OC)c3)[C@@H](OC(=O)c3cc(OC)c(OC)c(OC)c3)[C@@H]2OC(=O)c2cc(OC)c(OC)c(OC)c2)cc(OC)c1OC. The number of carbonyl (C=O) groups is 5. The van der Waals surface area contributed by atoms with Crippen molar-refractivity contribution in [3.63, 3.8) is 0 Å². The van der Waals surface area contributed by atoms with Crippen LogP contribution in [0.4, 0.5) is 0 Å². The molecule has 1 fully saturated rings. The van der Waals surface area contributed by atoms with E-state index in [9.17, 15) is 24.0 Å². The monoisotopic (exact) mass is 1150 g/mol. The van der Waals surface area contributed by atoms with Crippen molar-refractivity contribution < 1.29 is 123 Å². The van der Waals surface area contributed by atoms with E-state index in [2.05, 4.69) is 0 Å². The van der Waals surface area contributed by atoms with Crippen molar-refractivity contribution in [3.05, 3.63) is 88.5 Å². The molecule has 82 heavy (non-hydrogen) atoms. The standard InChI is InChI=1S/C56H62O26/c1-62-32-16-27(17-33(63-2)43(32)72-11)51(57)77-26-42-48(79-52(58)28-18-34(64-3)44(73-12)35(19-28)65-4)49(80-53(59)29-20-36(66-5)45(74-13)37(21-29)67-6)50(81-54(60)30-22-38(68-7)46(75-14)39(23-30)69-8)56(78-42)82-55(61)31-24-40(70-9)47(76-15)41(25-31)71-10/h16-25,42,48-50,56H,26H2,1-15H3/t42-,48-,49+,50-,56+/m1/s1. The molecule has 0 aromatic heterocycles. The molecule has 26 nitrogen and oxygen atoms in total. The first-order chi connectivity index (χ1) is 39.5. The molecule has 0 amide bonds. The quantitative estimate of drug-likeness (QED) is 0.0438. The Kier molecular flexibility index (Phi) is 21.1. The molecule has 0 N–H and O–H groups in total. The number of esters is 5. The van der Waals surface area contributed by atoms with Crippen molar-refractivity contribution in [2.24, 2.45) is 0 Å². The minimum atomic E-state index is -2.18. The van der Waals surface area contributed by atoms with Gasteiger partial charge in [-0.05, 0) is 60.7 Å². The Labute approximate surface area is 470 Å². The highest BCUT2D eigenvalue weighted by Crippen LogP contribution is 2.44. The first kappa shape index (κ1) is 61.6. The lowest BCUT2D eigenvalue weighted by Crippen LogP contribution is -2.63. The van der Waals surface area contributed by atoms with Crippen LogP contribution in [-0.2, 0) is 28.4 Å². The molecule has 0 bridgehead atoms. The molecular weight excluding hydrogens is 1090 g/mol. The van der Waals surface area contributed by atoms with Crippen LogP contribution in [-0.4, -0.2) is 174 Å². The molecule has 5 atom stereocenters. The van der Waals surface area contributed by atoms with E-state index in [1.165, 1.54) is 167 Å². The van der Waals surface area contributed by atoms with E-state index in [0.717, 1.165) is 0 Å². The number of methoxy groups -OCH3 is 15. The van der Waals surface area contributed by atoms with Gasteiger partial charge in [0.05, 0.1) is 134 Å². The lowest BCUT2D eigenvalue weighted by molar-refractivity contribution is -0.282. The Morgan fingerprint density at radius 3 is 0.756 bits per heavy atom. The smallest absolute Gasteiger partial charge is 0.340 e. The first-order valence-electron chi connectivity index (χ1n) is 24.2. The number of ether oxygens (including phenoxy) is 21. The van der Waals surface area contributed by atoms with Crippen LogP contribution in [0.25, 0.3) is 0 Å². The minimum Gasteiger partial charge on any atom is -0.493 e. The third-order valence-electron chi connectivity index (χ3n) is 12.4. The molecule has 1 heterocycles. The van der Waals surface area contributed by atoms with Crippen LogP contribution in [0.2, 0.25) is 0 Å². The summed E-state index contributed by atoms with van der Waals surface area (Å²) in [5, 5.41) is 0. The van der Waals surface area contributed by atoms with Gasteiger partial charge >= 0.3 is 29.8 Å². The third-order valence-corrected chi connectivity index (χ3v) is 12.4. The molecule has 1 aliphatic heterocycles. The highest BCUT2D eigenvalue weighted by molar-refractivity contribution is 5.95. The first-order valence-corrected chi connectivity index (χ1v) is 24.2. The van der Waals surface area contributed by atoms with Gasteiger partial charge in [0.25, 0.3) is 0 Å². The Bertz CT molecular complexity index is 2990. The fraction of sp³-hybridized carbons (Fsp3) is 0.375. The van der Waals surface area contributed by atoms with Gasteiger partial charge in [0, 0.05) is 0 Å². The zero-order valence-corrected chi connectivity index (χ0v) is 47.5. The fourth-order valence-electron chi connectivity index (χ4n) is 8.49. The molecule has 1 saturated heterocycles. The van der Waals surface area contributed by atoms with E-state index >= 15 is 0 Å². The van der Waals surface area contributed by atoms with Gasteiger partial charge in [0.1, 0.15) is 12.7 Å². The molecule has 1 aliphatic rings. The third kappa shape index (κ3) is 13.0. The largest absolute Gasteiger partial charge is 0.493 e. The van der Waals surface area contributed by atoms with Crippen molar-refractivity contribution in [1.29, 1.82) is 0 Å². The Balaban J connectivity index is 1.62. The van der Waals surface area contributed by atoms with Crippen molar-refractivity contribution >= 4 is 29.8 Å². The lowest BCUT2D eigenvalue weighted by Gasteiger charge is -2.44. The van der Waals surface area contributed by atoms with Crippen LogP contribution in [0.15, 0.2) is 60.7 Å². The van der Waals surface area contributed by atoms with Gasteiger partial charge < -0.3 is 99.5 Å². The average molecular weight is 1150 g/mol. The number of benzene rings is 5. The summed E-state index contributed by atoms with van der Waals surface area (Å²) in [7, 11) is 19.9. The van der Waals surface area contributed by atoms with E-state index in [1.54, 1.807) is 0 Å². The minimum absolute atomic E-state index is 0.00488.